The van der Waals surface area contributed by atoms with E-state index in [1.807, 2.05) is 0 Å². The summed E-state index contributed by atoms with van der Waals surface area (Å²) in [5.41, 5.74) is 0.747. The zero-order chi connectivity index (χ0) is 26.9. The molecule has 2 rings (SSSR count). The molecule has 2 aromatic rings. The number of unbranched alkanes of at least 4 members (excludes halogenated alkanes) is 6. The van der Waals surface area contributed by atoms with Crippen molar-refractivity contribution >= 4 is 17.9 Å². The van der Waals surface area contributed by atoms with E-state index in [1.165, 1.54) is 25.7 Å². The lowest BCUT2D eigenvalue weighted by molar-refractivity contribution is -0.134. The van der Waals surface area contributed by atoms with Gasteiger partial charge in [0.1, 0.15) is 17.6 Å². The molecule has 0 aliphatic carbocycles. The Morgan fingerprint density at radius 1 is 0.595 bits per heavy atom. The van der Waals surface area contributed by atoms with Crippen molar-refractivity contribution in [2.24, 2.45) is 0 Å². The van der Waals surface area contributed by atoms with Crippen LogP contribution in [0.3, 0.4) is 0 Å². The van der Waals surface area contributed by atoms with Crippen LogP contribution in [0.25, 0.3) is 0 Å². The van der Waals surface area contributed by atoms with Crippen LogP contribution in [0.1, 0.15) is 119 Å². The average Bonchev–Trinajstić information content (AvgIpc) is 2.89. The minimum absolute atomic E-state index is 0.0810. The molecule has 37 heavy (non-hydrogen) atoms. The van der Waals surface area contributed by atoms with Crippen molar-refractivity contribution in [2.75, 3.05) is 0 Å². The Morgan fingerprint density at radius 2 is 1.08 bits per heavy atom. The molecular weight excluding hydrogens is 468 g/mol. The molecular formula is C31H42O6. The average molecular weight is 511 g/mol. The quantitative estimate of drug-likeness (QED) is 0.122. The summed E-state index contributed by atoms with van der Waals surface area (Å²) in [5.74, 6) is -0.454. The summed E-state index contributed by atoms with van der Waals surface area (Å²) >= 11 is 0. The predicted octanol–water partition coefficient (Wildman–Crippen LogP) is 8.08. The largest absolute Gasteiger partial charge is 0.459 e. The standard InChI is InChI=1S/C31H42O6/c1-4-7-8-9-10-11-12-15-29(32)35-27-20-16-24(17-21-27)31(34)37-28-22-18-25(19-23-28)30(33)36-26(13-5-2)14-6-3/h16-23,26H,4-15H2,1-3H3. The van der Waals surface area contributed by atoms with Crippen LogP contribution < -0.4 is 9.47 Å². The molecule has 0 radical (unpaired) electrons. The Bertz CT molecular complexity index is 943. The van der Waals surface area contributed by atoms with Gasteiger partial charge in [0.05, 0.1) is 11.1 Å². The predicted molar refractivity (Wildman–Crippen MR) is 145 cm³/mol. The highest BCUT2D eigenvalue weighted by atomic mass is 16.5. The highest BCUT2D eigenvalue weighted by molar-refractivity contribution is 5.92. The second kappa shape index (κ2) is 17.3. The van der Waals surface area contributed by atoms with Gasteiger partial charge < -0.3 is 14.2 Å². The highest BCUT2D eigenvalue weighted by Gasteiger charge is 2.16. The van der Waals surface area contributed by atoms with Crippen LogP contribution in [0.15, 0.2) is 48.5 Å². The van der Waals surface area contributed by atoms with Gasteiger partial charge in [-0.25, -0.2) is 9.59 Å². The van der Waals surface area contributed by atoms with E-state index in [-0.39, 0.29) is 18.0 Å². The molecule has 6 heteroatoms. The Kier molecular flexibility index (Phi) is 14.1. The lowest BCUT2D eigenvalue weighted by Crippen LogP contribution is -2.18. The lowest BCUT2D eigenvalue weighted by atomic mass is 10.1. The molecule has 0 bridgehead atoms. The number of hydrogen-bond acceptors (Lipinski definition) is 6. The van der Waals surface area contributed by atoms with Crippen LogP contribution in [0.5, 0.6) is 11.5 Å². The summed E-state index contributed by atoms with van der Waals surface area (Å²) in [6.45, 7) is 6.33. The summed E-state index contributed by atoms with van der Waals surface area (Å²) in [5, 5.41) is 0. The molecule has 0 spiro atoms. The van der Waals surface area contributed by atoms with Gasteiger partial charge in [-0.2, -0.15) is 0 Å². The Balaban J connectivity index is 1.78. The van der Waals surface area contributed by atoms with Crippen LogP contribution >= 0.6 is 0 Å². The van der Waals surface area contributed by atoms with Crippen molar-refractivity contribution in [1.29, 1.82) is 0 Å². The van der Waals surface area contributed by atoms with Gasteiger partial charge in [0.2, 0.25) is 0 Å². The number of hydrogen-bond donors (Lipinski definition) is 0. The second-order valence-corrected chi connectivity index (χ2v) is 9.39. The topological polar surface area (TPSA) is 78.9 Å². The molecule has 2 aromatic carbocycles. The third kappa shape index (κ3) is 11.6. The third-order valence-corrected chi connectivity index (χ3v) is 6.10. The first kappa shape index (κ1) is 30.1. The van der Waals surface area contributed by atoms with E-state index in [1.54, 1.807) is 48.5 Å². The van der Waals surface area contributed by atoms with Gasteiger partial charge >= 0.3 is 17.9 Å². The number of carbonyl (C=O) groups is 3. The summed E-state index contributed by atoms with van der Waals surface area (Å²) in [6, 6.07) is 12.6. The van der Waals surface area contributed by atoms with Crippen molar-refractivity contribution in [3.05, 3.63) is 59.7 Å². The zero-order valence-corrected chi connectivity index (χ0v) is 22.6. The van der Waals surface area contributed by atoms with E-state index in [4.69, 9.17) is 14.2 Å². The molecule has 0 fully saturated rings. The molecule has 0 N–H and O–H groups in total. The van der Waals surface area contributed by atoms with E-state index >= 15 is 0 Å². The highest BCUT2D eigenvalue weighted by Crippen LogP contribution is 2.19. The monoisotopic (exact) mass is 510 g/mol. The van der Waals surface area contributed by atoms with Gasteiger partial charge in [-0.05, 0) is 67.8 Å². The Hall–Kier alpha value is -3.15. The van der Waals surface area contributed by atoms with E-state index in [0.717, 1.165) is 44.9 Å². The number of carbonyl (C=O) groups excluding carboxylic acids is 3. The fourth-order valence-corrected chi connectivity index (χ4v) is 4.02. The van der Waals surface area contributed by atoms with E-state index < -0.39 is 5.97 Å². The molecule has 0 aromatic heterocycles. The van der Waals surface area contributed by atoms with Gasteiger partial charge in [-0.15, -0.1) is 0 Å². The van der Waals surface area contributed by atoms with Gasteiger partial charge in [0.25, 0.3) is 0 Å². The smallest absolute Gasteiger partial charge is 0.343 e. The number of esters is 3. The third-order valence-electron chi connectivity index (χ3n) is 6.10. The zero-order valence-electron chi connectivity index (χ0n) is 22.6. The fraction of sp³-hybridized carbons (Fsp3) is 0.516. The van der Waals surface area contributed by atoms with Crippen LogP contribution in [-0.4, -0.2) is 24.0 Å². The number of ether oxygens (including phenoxy) is 3. The maximum atomic E-state index is 12.5. The first-order valence-corrected chi connectivity index (χ1v) is 13.8. The molecule has 0 saturated carbocycles. The first-order chi connectivity index (χ1) is 18.0. The van der Waals surface area contributed by atoms with Crippen molar-refractivity contribution < 1.29 is 28.6 Å². The molecule has 0 saturated heterocycles. The fourth-order valence-electron chi connectivity index (χ4n) is 4.02. The number of rotatable bonds is 17. The van der Waals surface area contributed by atoms with Crippen LogP contribution in [-0.2, 0) is 9.53 Å². The lowest BCUT2D eigenvalue weighted by Gasteiger charge is -2.16. The maximum absolute atomic E-state index is 12.5. The minimum Gasteiger partial charge on any atom is -0.459 e. The molecule has 0 aliphatic heterocycles. The van der Waals surface area contributed by atoms with Gasteiger partial charge in [0.15, 0.2) is 0 Å². The molecule has 202 valence electrons. The van der Waals surface area contributed by atoms with Crippen molar-refractivity contribution in [3.8, 4) is 11.5 Å². The molecule has 0 atom stereocenters. The summed E-state index contributed by atoms with van der Waals surface area (Å²) < 4.78 is 16.4. The molecule has 6 nitrogen and oxygen atoms in total. The van der Waals surface area contributed by atoms with E-state index in [9.17, 15) is 14.4 Å². The minimum atomic E-state index is -0.540. The molecule has 0 unspecified atom stereocenters. The summed E-state index contributed by atoms with van der Waals surface area (Å²) in [6.07, 6.45) is 11.9. The van der Waals surface area contributed by atoms with Gasteiger partial charge in [-0.1, -0.05) is 72.1 Å². The van der Waals surface area contributed by atoms with E-state index in [0.29, 0.717) is 29.0 Å². The van der Waals surface area contributed by atoms with Crippen molar-refractivity contribution in [1.82, 2.24) is 0 Å². The van der Waals surface area contributed by atoms with Gasteiger partial charge in [-0.3, -0.25) is 4.79 Å². The van der Waals surface area contributed by atoms with Crippen molar-refractivity contribution in [3.63, 3.8) is 0 Å². The van der Waals surface area contributed by atoms with Crippen LogP contribution in [0.2, 0.25) is 0 Å². The Morgan fingerprint density at radius 3 is 1.62 bits per heavy atom. The van der Waals surface area contributed by atoms with Gasteiger partial charge in [0, 0.05) is 6.42 Å². The summed E-state index contributed by atoms with van der Waals surface area (Å²) in [7, 11) is 0. The molecule has 0 heterocycles. The van der Waals surface area contributed by atoms with Crippen LogP contribution in [0, 0.1) is 0 Å². The van der Waals surface area contributed by atoms with Crippen molar-refractivity contribution in [2.45, 2.75) is 104 Å². The van der Waals surface area contributed by atoms with E-state index in [2.05, 4.69) is 20.8 Å². The Labute approximate surface area is 221 Å². The normalized spacial score (nSPS) is 10.8. The first-order valence-electron chi connectivity index (χ1n) is 13.8. The second-order valence-electron chi connectivity index (χ2n) is 9.39. The summed E-state index contributed by atoms with van der Waals surface area (Å²) in [4.78, 5) is 37.0. The number of benzene rings is 2. The SMILES string of the molecule is CCCCCCCCCC(=O)Oc1ccc(C(=O)Oc2ccc(C(=O)OC(CCC)CCC)cc2)cc1. The molecule has 0 amide bonds. The molecule has 0 aliphatic rings. The maximum Gasteiger partial charge on any atom is 0.343 e. The van der Waals surface area contributed by atoms with Crippen LogP contribution in [0.4, 0.5) is 0 Å².